The van der Waals surface area contributed by atoms with Crippen LogP contribution in [0.4, 0.5) is 10.1 Å². The van der Waals surface area contributed by atoms with E-state index in [1.807, 2.05) is 6.92 Å². The van der Waals surface area contributed by atoms with Crippen LogP contribution in [0.2, 0.25) is 0 Å². The highest BCUT2D eigenvalue weighted by molar-refractivity contribution is 6.03. The van der Waals surface area contributed by atoms with Gasteiger partial charge in [0.25, 0.3) is 5.91 Å². The number of halogens is 1. The van der Waals surface area contributed by atoms with E-state index in [-0.39, 0.29) is 17.1 Å². The lowest BCUT2D eigenvalue weighted by Crippen LogP contribution is -2.10. The Labute approximate surface area is 153 Å². The Morgan fingerprint density at radius 2 is 1.81 bits per heavy atom. The average Bonchev–Trinajstić information content (AvgIpc) is 3.11. The number of amides is 1. The molecular weight excluding hydrogens is 349 g/mol. The minimum Gasteiger partial charge on any atom is -0.451 e. The van der Waals surface area contributed by atoms with E-state index in [4.69, 9.17) is 8.83 Å². The van der Waals surface area contributed by atoms with Gasteiger partial charge in [0, 0.05) is 23.2 Å². The van der Waals surface area contributed by atoms with Gasteiger partial charge in [0.05, 0.1) is 5.56 Å². The van der Waals surface area contributed by atoms with Gasteiger partial charge >= 0.3 is 5.63 Å². The zero-order valence-corrected chi connectivity index (χ0v) is 14.3. The van der Waals surface area contributed by atoms with E-state index in [1.54, 1.807) is 36.4 Å². The molecule has 27 heavy (non-hydrogen) atoms. The van der Waals surface area contributed by atoms with Crippen LogP contribution in [0.1, 0.15) is 16.1 Å². The molecular formula is C21H14FNO4. The first-order chi connectivity index (χ1) is 13.0. The molecule has 2 aromatic carbocycles. The minimum absolute atomic E-state index is 0.0408. The first-order valence-electron chi connectivity index (χ1n) is 8.22. The van der Waals surface area contributed by atoms with Gasteiger partial charge in [-0.15, -0.1) is 0 Å². The third-order valence-electron chi connectivity index (χ3n) is 4.18. The smallest absolute Gasteiger partial charge is 0.336 e. The Morgan fingerprint density at radius 3 is 2.63 bits per heavy atom. The number of carbonyl (C=O) groups is 1. The minimum atomic E-state index is -0.494. The molecule has 0 unspecified atom stereocenters. The molecule has 0 spiro atoms. The molecule has 0 atom stereocenters. The molecule has 1 amide bonds. The van der Waals surface area contributed by atoms with E-state index < -0.39 is 17.3 Å². The standard InChI is InChI=1S/C21H14FNO4/c1-12-10-20(24)27-19-11-13(6-7-14(12)19)23-21(25)18-9-8-17(26-18)15-4-2-3-5-16(15)22/h2-11H,1H3,(H,23,25). The molecule has 2 heterocycles. The number of anilines is 1. The van der Waals surface area contributed by atoms with Gasteiger partial charge in [-0.1, -0.05) is 12.1 Å². The quantitative estimate of drug-likeness (QED) is 0.533. The summed E-state index contributed by atoms with van der Waals surface area (Å²) < 4.78 is 24.5. The number of benzene rings is 2. The van der Waals surface area contributed by atoms with Gasteiger partial charge < -0.3 is 14.2 Å². The van der Waals surface area contributed by atoms with Crippen molar-refractivity contribution in [2.45, 2.75) is 6.92 Å². The predicted molar refractivity (Wildman–Crippen MR) is 99.3 cm³/mol. The number of rotatable bonds is 3. The largest absolute Gasteiger partial charge is 0.451 e. The highest BCUT2D eigenvalue weighted by Gasteiger charge is 2.15. The molecule has 0 saturated heterocycles. The molecule has 0 aliphatic rings. The van der Waals surface area contributed by atoms with Crippen LogP contribution in [0.15, 0.2) is 74.3 Å². The van der Waals surface area contributed by atoms with E-state index in [0.717, 1.165) is 10.9 Å². The highest BCUT2D eigenvalue weighted by atomic mass is 19.1. The molecule has 0 fully saturated rings. The molecule has 5 nitrogen and oxygen atoms in total. The van der Waals surface area contributed by atoms with E-state index in [2.05, 4.69) is 5.32 Å². The monoisotopic (exact) mass is 363 g/mol. The molecule has 0 saturated carbocycles. The summed E-state index contributed by atoms with van der Waals surface area (Å²) in [4.78, 5) is 23.9. The summed E-state index contributed by atoms with van der Waals surface area (Å²) in [5.41, 5.74) is 1.44. The third kappa shape index (κ3) is 3.25. The third-order valence-corrected chi connectivity index (χ3v) is 4.18. The number of nitrogens with one attached hydrogen (secondary N) is 1. The van der Waals surface area contributed by atoms with E-state index in [9.17, 15) is 14.0 Å². The Hall–Kier alpha value is -3.67. The molecule has 1 N–H and O–H groups in total. The lowest BCUT2D eigenvalue weighted by Gasteiger charge is -2.06. The normalized spacial score (nSPS) is 10.9. The number of furan rings is 1. The number of carbonyl (C=O) groups excluding carboxylic acids is 1. The van der Waals surface area contributed by atoms with Crippen molar-refractivity contribution in [2.75, 3.05) is 5.32 Å². The second-order valence-electron chi connectivity index (χ2n) is 6.06. The van der Waals surface area contributed by atoms with E-state index in [1.165, 1.54) is 24.3 Å². The van der Waals surface area contributed by atoms with Crippen LogP contribution in [-0.2, 0) is 0 Å². The van der Waals surface area contributed by atoms with E-state index >= 15 is 0 Å². The molecule has 0 aliphatic carbocycles. The molecule has 2 aromatic heterocycles. The first kappa shape index (κ1) is 16.8. The Kier molecular flexibility index (Phi) is 4.08. The van der Waals surface area contributed by atoms with Crippen molar-refractivity contribution in [3.63, 3.8) is 0 Å². The SMILES string of the molecule is Cc1cc(=O)oc2cc(NC(=O)c3ccc(-c4ccccc4F)o3)ccc12. The van der Waals surface area contributed by atoms with Gasteiger partial charge in [-0.3, -0.25) is 4.79 Å². The lowest BCUT2D eigenvalue weighted by molar-refractivity contribution is 0.0997. The number of aryl methyl sites for hydroxylation is 1. The van der Waals surface area contributed by atoms with Gasteiger partial charge in [-0.25, -0.2) is 9.18 Å². The Balaban J connectivity index is 1.60. The second kappa shape index (κ2) is 6.57. The maximum atomic E-state index is 13.8. The lowest BCUT2D eigenvalue weighted by atomic mass is 10.1. The second-order valence-corrected chi connectivity index (χ2v) is 6.06. The van der Waals surface area contributed by atoms with Crippen molar-refractivity contribution in [1.29, 1.82) is 0 Å². The zero-order chi connectivity index (χ0) is 19.0. The maximum Gasteiger partial charge on any atom is 0.336 e. The highest BCUT2D eigenvalue weighted by Crippen LogP contribution is 2.26. The topological polar surface area (TPSA) is 72.5 Å². The summed E-state index contributed by atoms with van der Waals surface area (Å²) in [6.45, 7) is 1.81. The molecule has 4 rings (SSSR count). The summed E-state index contributed by atoms with van der Waals surface area (Å²) in [6, 6.07) is 15.6. The van der Waals surface area contributed by atoms with Gasteiger partial charge in [0.2, 0.25) is 0 Å². The van der Waals surface area contributed by atoms with E-state index in [0.29, 0.717) is 11.3 Å². The van der Waals surface area contributed by atoms with Crippen molar-refractivity contribution in [1.82, 2.24) is 0 Å². The molecule has 4 aromatic rings. The summed E-state index contributed by atoms with van der Waals surface area (Å²) >= 11 is 0. The zero-order valence-electron chi connectivity index (χ0n) is 14.3. The maximum absolute atomic E-state index is 13.8. The van der Waals surface area contributed by atoms with Crippen LogP contribution >= 0.6 is 0 Å². The van der Waals surface area contributed by atoms with Crippen LogP contribution in [0.5, 0.6) is 0 Å². The van der Waals surface area contributed by atoms with Crippen LogP contribution < -0.4 is 10.9 Å². The van der Waals surface area contributed by atoms with Gasteiger partial charge in [0.1, 0.15) is 17.2 Å². The molecule has 0 bridgehead atoms. The molecule has 6 heteroatoms. The van der Waals surface area contributed by atoms with Crippen molar-refractivity contribution in [2.24, 2.45) is 0 Å². The van der Waals surface area contributed by atoms with Gasteiger partial charge in [0.15, 0.2) is 5.76 Å². The van der Waals surface area contributed by atoms with Crippen molar-refractivity contribution in [3.8, 4) is 11.3 Å². The van der Waals surface area contributed by atoms with Crippen molar-refractivity contribution in [3.05, 3.63) is 88.2 Å². The molecule has 134 valence electrons. The number of fused-ring (bicyclic) bond motifs is 1. The van der Waals surface area contributed by atoms with Crippen molar-refractivity contribution >= 4 is 22.6 Å². The molecule has 0 radical (unpaired) electrons. The van der Waals surface area contributed by atoms with Gasteiger partial charge in [-0.2, -0.15) is 0 Å². The van der Waals surface area contributed by atoms with Crippen LogP contribution in [0, 0.1) is 12.7 Å². The fourth-order valence-electron chi connectivity index (χ4n) is 2.86. The Morgan fingerprint density at radius 1 is 1.00 bits per heavy atom. The summed E-state index contributed by atoms with van der Waals surface area (Å²) in [6.07, 6.45) is 0. The predicted octanol–water partition coefficient (Wildman–Crippen LogP) is 4.75. The number of hydrogen-bond acceptors (Lipinski definition) is 4. The van der Waals surface area contributed by atoms with Crippen LogP contribution in [0.25, 0.3) is 22.3 Å². The fraction of sp³-hybridized carbons (Fsp3) is 0.0476. The number of hydrogen-bond donors (Lipinski definition) is 1. The summed E-state index contributed by atoms with van der Waals surface area (Å²) in [5, 5.41) is 3.46. The molecule has 0 aliphatic heterocycles. The first-order valence-corrected chi connectivity index (χ1v) is 8.22. The van der Waals surface area contributed by atoms with Gasteiger partial charge in [-0.05, 0) is 48.9 Å². The van der Waals surface area contributed by atoms with Crippen LogP contribution in [-0.4, -0.2) is 5.91 Å². The van der Waals surface area contributed by atoms with Crippen molar-refractivity contribution < 1.29 is 18.0 Å². The average molecular weight is 363 g/mol. The van der Waals surface area contributed by atoms with Crippen LogP contribution in [0.3, 0.4) is 0 Å². The summed E-state index contributed by atoms with van der Waals surface area (Å²) in [5.74, 6) is -0.622. The summed E-state index contributed by atoms with van der Waals surface area (Å²) in [7, 11) is 0. The fourth-order valence-corrected chi connectivity index (χ4v) is 2.86. The Bertz CT molecular complexity index is 1220.